The Morgan fingerprint density at radius 3 is 2.55 bits per heavy atom. The summed E-state index contributed by atoms with van der Waals surface area (Å²) in [5, 5.41) is 0.396. The van der Waals surface area contributed by atoms with Gasteiger partial charge in [-0.15, -0.1) is 0 Å². The van der Waals surface area contributed by atoms with E-state index < -0.39 is 5.97 Å². The molecule has 1 aromatic heterocycles. The predicted molar refractivity (Wildman–Crippen MR) is 122 cm³/mol. The lowest BCUT2D eigenvalue weighted by molar-refractivity contribution is 0.0298. The van der Waals surface area contributed by atoms with E-state index in [1.165, 1.54) is 19.3 Å². The molecule has 0 amide bonds. The molecule has 0 spiro atoms. The molecule has 1 aliphatic heterocycles. The second-order valence-corrected chi connectivity index (χ2v) is 8.34. The van der Waals surface area contributed by atoms with Gasteiger partial charge in [0, 0.05) is 17.7 Å². The number of rotatable bonds is 6. The van der Waals surface area contributed by atoms with E-state index in [0.717, 1.165) is 31.6 Å². The molecule has 0 saturated carbocycles. The van der Waals surface area contributed by atoms with E-state index in [1.54, 1.807) is 25.1 Å². The molecule has 1 fully saturated rings. The number of piperidine rings is 1. The summed E-state index contributed by atoms with van der Waals surface area (Å²) in [5.41, 5.74) is 1.77. The highest BCUT2D eigenvalue weighted by molar-refractivity contribution is 6.02. The van der Waals surface area contributed by atoms with E-state index in [9.17, 15) is 9.59 Å². The van der Waals surface area contributed by atoms with E-state index in [2.05, 4.69) is 4.90 Å². The Hall–Kier alpha value is -2.92. The average molecular weight is 420 g/mol. The largest absolute Gasteiger partial charge is 0.459 e. The highest BCUT2D eigenvalue weighted by Crippen LogP contribution is 2.27. The van der Waals surface area contributed by atoms with Crippen LogP contribution in [-0.4, -0.2) is 36.6 Å². The molecule has 0 radical (unpaired) electrons. The number of hydrogen-bond donors (Lipinski definition) is 0. The predicted octanol–water partition coefficient (Wildman–Crippen LogP) is 5.19. The Bertz CT molecular complexity index is 1110. The Morgan fingerprint density at radius 2 is 1.81 bits per heavy atom. The minimum atomic E-state index is -0.456. The fourth-order valence-electron chi connectivity index (χ4n) is 4.19. The van der Waals surface area contributed by atoms with Crippen molar-refractivity contribution < 1.29 is 13.9 Å². The molecular formula is C26H29NO4. The lowest BCUT2D eigenvalue weighted by Crippen LogP contribution is -2.32. The summed E-state index contributed by atoms with van der Waals surface area (Å²) >= 11 is 0. The smallest absolute Gasteiger partial charge is 0.342 e. The van der Waals surface area contributed by atoms with Gasteiger partial charge in [0.2, 0.25) is 0 Å². The molecule has 1 atom stereocenters. The molecule has 0 unspecified atom stereocenters. The van der Waals surface area contributed by atoms with Crippen molar-refractivity contribution in [1.29, 1.82) is 0 Å². The first-order valence-corrected chi connectivity index (χ1v) is 11.1. The SMILES string of the molecule is Cc1c(-c2ccccc2)oc2c(C(=O)O[C@H](C)CCN3CCCCC3)cccc2c1=O. The van der Waals surface area contributed by atoms with E-state index in [-0.39, 0.29) is 22.7 Å². The molecular weight excluding hydrogens is 390 g/mol. The van der Waals surface area contributed by atoms with Crippen LogP contribution in [0.15, 0.2) is 57.7 Å². The quantitative estimate of drug-likeness (QED) is 0.515. The fourth-order valence-corrected chi connectivity index (χ4v) is 4.19. The molecule has 0 N–H and O–H groups in total. The fraction of sp³-hybridized carbons (Fsp3) is 0.385. The van der Waals surface area contributed by atoms with E-state index in [4.69, 9.17) is 9.15 Å². The second kappa shape index (κ2) is 9.48. The van der Waals surface area contributed by atoms with Crippen molar-refractivity contribution in [3.05, 3.63) is 69.9 Å². The Kier molecular flexibility index (Phi) is 6.52. The first-order chi connectivity index (χ1) is 15.0. The van der Waals surface area contributed by atoms with E-state index >= 15 is 0 Å². The van der Waals surface area contributed by atoms with Crippen LogP contribution in [0.2, 0.25) is 0 Å². The van der Waals surface area contributed by atoms with Gasteiger partial charge in [0.15, 0.2) is 11.0 Å². The van der Waals surface area contributed by atoms with Crippen LogP contribution in [0.25, 0.3) is 22.3 Å². The lowest BCUT2D eigenvalue weighted by Gasteiger charge is -2.27. The van der Waals surface area contributed by atoms with Crippen molar-refractivity contribution in [2.75, 3.05) is 19.6 Å². The highest BCUT2D eigenvalue weighted by Gasteiger charge is 2.21. The third-order valence-electron chi connectivity index (χ3n) is 6.01. The molecule has 2 aromatic carbocycles. The van der Waals surface area contributed by atoms with Gasteiger partial charge in [-0.1, -0.05) is 42.8 Å². The van der Waals surface area contributed by atoms with Crippen molar-refractivity contribution >= 4 is 16.9 Å². The number of nitrogens with zero attached hydrogens (tertiary/aromatic N) is 1. The van der Waals surface area contributed by atoms with E-state index in [1.807, 2.05) is 37.3 Å². The van der Waals surface area contributed by atoms with Gasteiger partial charge in [0.25, 0.3) is 0 Å². The average Bonchev–Trinajstić information content (AvgIpc) is 2.81. The van der Waals surface area contributed by atoms with Crippen molar-refractivity contribution in [3.63, 3.8) is 0 Å². The van der Waals surface area contributed by atoms with Gasteiger partial charge in [0.1, 0.15) is 17.4 Å². The maximum atomic E-state index is 13.0. The number of hydrogen-bond acceptors (Lipinski definition) is 5. The molecule has 4 rings (SSSR count). The summed E-state index contributed by atoms with van der Waals surface area (Å²) in [6.45, 7) is 6.84. The summed E-state index contributed by atoms with van der Waals surface area (Å²) < 4.78 is 11.9. The summed E-state index contributed by atoms with van der Waals surface area (Å²) in [6, 6.07) is 14.5. The van der Waals surface area contributed by atoms with Crippen molar-refractivity contribution in [2.24, 2.45) is 0 Å². The van der Waals surface area contributed by atoms with Crippen LogP contribution >= 0.6 is 0 Å². The normalized spacial score (nSPS) is 15.7. The summed E-state index contributed by atoms with van der Waals surface area (Å²) in [7, 11) is 0. The molecule has 162 valence electrons. The van der Waals surface area contributed by atoms with Gasteiger partial charge in [-0.05, 0) is 58.3 Å². The first kappa shape index (κ1) is 21.3. The van der Waals surface area contributed by atoms with E-state index in [0.29, 0.717) is 16.7 Å². The zero-order chi connectivity index (χ0) is 21.8. The third-order valence-corrected chi connectivity index (χ3v) is 6.01. The molecule has 31 heavy (non-hydrogen) atoms. The standard InChI is InChI=1S/C26H29NO4/c1-18(14-17-27-15-7-4-8-16-27)30-26(29)22-13-9-12-21-23(28)19(2)24(31-25(21)22)20-10-5-3-6-11-20/h3,5-6,9-13,18H,4,7-8,14-17H2,1-2H3/t18-/m1/s1. The van der Waals surface area contributed by atoms with Crippen LogP contribution in [0.3, 0.4) is 0 Å². The number of para-hydroxylation sites is 1. The van der Waals surface area contributed by atoms with Crippen LogP contribution in [-0.2, 0) is 4.74 Å². The Labute approximate surface area is 182 Å². The number of benzene rings is 2. The zero-order valence-electron chi connectivity index (χ0n) is 18.2. The minimum Gasteiger partial charge on any atom is -0.459 e. The maximum Gasteiger partial charge on any atom is 0.342 e. The number of ether oxygens (including phenoxy) is 1. The first-order valence-electron chi connectivity index (χ1n) is 11.1. The third kappa shape index (κ3) is 4.72. The minimum absolute atomic E-state index is 0.132. The Balaban J connectivity index is 1.59. The van der Waals surface area contributed by atoms with Gasteiger partial charge < -0.3 is 14.1 Å². The lowest BCUT2D eigenvalue weighted by atomic mass is 10.0. The molecule has 5 heteroatoms. The van der Waals surface area contributed by atoms with Gasteiger partial charge in [-0.2, -0.15) is 0 Å². The molecule has 0 aliphatic carbocycles. The number of carbonyl (C=O) groups excluding carboxylic acids is 1. The van der Waals surface area contributed by atoms with Crippen molar-refractivity contribution in [2.45, 2.75) is 45.6 Å². The van der Waals surface area contributed by atoms with Gasteiger partial charge in [0.05, 0.1) is 5.39 Å². The molecule has 2 heterocycles. The van der Waals surface area contributed by atoms with Gasteiger partial charge in [-0.25, -0.2) is 4.79 Å². The highest BCUT2D eigenvalue weighted by atomic mass is 16.5. The maximum absolute atomic E-state index is 13.0. The van der Waals surface area contributed by atoms with Gasteiger partial charge >= 0.3 is 5.97 Å². The number of esters is 1. The van der Waals surface area contributed by atoms with Crippen LogP contribution in [0, 0.1) is 6.92 Å². The second-order valence-electron chi connectivity index (χ2n) is 8.34. The van der Waals surface area contributed by atoms with Crippen LogP contribution in [0.5, 0.6) is 0 Å². The number of fused-ring (bicyclic) bond motifs is 1. The molecule has 3 aromatic rings. The molecule has 1 saturated heterocycles. The number of likely N-dealkylation sites (tertiary alicyclic amines) is 1. The summed E-state index contributed by atoms with van der Waals surface area (Å²) in [6.07, 6.45) is 4.36. The summed E-state index contributed by atoms with van der Waals surface area (Å²) in [5.74, 6) is 0.0271. The summed E-state index contributed by atoms with van der Waals surface area (Å²) in [4.78, 5) is 28.4. The molecule has 0 bridgehead atoms. The topological polar surface area (TPSA) is 59.8 Å². The van der Waals surface area contributed by atoms with Gasteiger partial charge in [-0.3, -0.25) is 4.79 Å². The molecule has 1 aliphatic rings. The Morgan fingerprint density at radius 1 is 1.06 bits per heavy atom. The monoisotopic (exact) mass is 419 g/mol. The number of carbonyl (C=O) groups is 1. The van der Waals surface area contributed by atoms with Crippen molar-refractivity contribution in [1.82, 2.24) is 4.90 Å². The van der Waals surface area contributed by atoms with Crippen LogP contribution < -0.4 is 5.43 Å². The van der Waals surface area contributed by atoms with Crippen LogP contribution in [0.1, 0.15) is 48.5 Å². The molecule has 5 nitrogen and oxygen atoms in total. The van der Waals surface area contributed by atoms with Crippen LogP contribution in [0.4, 0.5) is 0 Å². The zero-order valence-corrected chi connectivity index (χ0v) is 18.2. The van der Waals surface area contributed by atoms with Crippen molar-refractivity contribution in [3.8, 4) is 11.3 Å².